The number of benzene rings is 2. The molecular formula is C24H24N4O2S. The number of aryl methyl sites for hydroxylation is 2. The van der Waals surface area contributed by atoms with Gasteiger partial charge in [0.05, 0.1) is 28.5 Å². The minimum absolute atomic E-state index is 0.161. The van der Waals surface area contributed by atoms with E-state index in [1.165, 1.54) is 16.9 Å². The zero-order chi connectivity index (χ0) is 22.1. The summed E-state index contributed by atoms with van der Waals surface area (Å²) in [5.41, 5.74) is 4.47. The Morgan fingerprint density at radius 2 is 1.71 bits per heavy atom. The van der Waals surface area contributed by atoms with Gasteiger partial charge >= 0.3 is 0 Å². The van der Waals surface area contributed by atoms with E-state index >= 15 is 0 Å². The second-order valence-corrected chi connectivity index (χ2v) is 8.82. The van der Waals surface area contributed by atoms with Crippen LogP contribution in [0, 0.1) is 20.8 Å². The normalized spacial score (nSPS) is 11.0. The Labute approximate surface area is 184 Å². The van der Waals surface area contributed by atoms with Crippen LogP contribution >= 0.6 is 11.3 Å². The van der Waals surface area contributed by atoms with Crippen LogP contribution in [-0.2, 0) is 18.3 Å². The molecule has 2 heterocycles. The third-order valence-corrected chi connectivity index (χ3v) is 6.24. The van der Waals surface area contributed by atoms with Crippen molar-refractivity contribution >= 4 is 22.9 Å². The van der Waals surface area contributed by atoms with Crippen LogP contribution in [0.1, 0.15) is 21.1 Å². The summed E-state index contributed by atoms with van der Waals surface area (Å²) in [6.45, 7) is 5.80. The third kappa shape index (κ3) is 4.09. The van der Waals surface area contributed by atoms with E-state index in [-0.39, 0.29) is 17.9 Å². The smallest absolute Gasteiger partial charge is 0.295 e. The van der Waals surface area contributed by atoms with Gasteiger partial charge in [0.25, 0.3) is 5.56 Å². The molecule has 1 N–H and O–H groups in total. The summed E-state index contributed by atoms with van der Waals surface area (Å²) in [5, 5.41) is 3.74. The number of anilines is 1. The fraction of sp³-hybridized carbons (Fsp3) is 0.208. The van der Waals surface area contributed by atoms with Crippen LogP contribution in [-0.4, -0.2) is 20.3 Å². The van der Waals surface area contributed by atoms with Gasteiger partial charge in [-0.05, 0) is 32.9 Å². The molecule has 0 fully saturated rings. The summed E-state index contributed by atoms with van der Waals surface area (Å²) in [4.78, 5) is 31.5. The lowest BCUT2D eigenvalue weighted by Gasteiger charge is -2.07. The molecule has 0 aliphatic heterocycles. The Kier molecular flexibility index (Phi) is 5.61. The van der Waals surface area contributed by atoms with E-state index in [1.807, 2.05) is 75.4 Å². The molecule has 2 aromatic heterocycles. The highest BCUT2D eigenvalue weighted by Gasteiger charge is 2.20. The average molecular weight is 433 g/mol. The molecule has 2 aromatic carbocycles. The minimum atomic E-state index is -0.251. The molecule has 0 atom stereocenters. The molecule has 0 unspecified atom stereocenters. The van der Waals surface area contributed by atoms with Gasteiger partial charge in [0.2, 0.25) is 5.91 Å². The van der Waals surface area contributed by atoms with Crippen molar-refractivity contribution in [1.29, 1.82) is 0 Å². The quantitative estimate of drug-likeness (QED) is 0.508. The standard InChI is InChI=1S/C24H24N4O2S/c1-15-10-12-18(13-11-15)23-20(31-17(3)25-23)14-21(29)26-22-16(2)27(4)28(24(22)30)19-8-6-5-7-9-19/h5-13H,14H2,1-4H3,(H,26,29). The molecule has 0 spiro atoms. The number of carbonyl (C=O) groups is 1. The first-order chi connectivity index (χ1) is 14.8. The topological polar surface area (TPSA) is 68.9 Å². The van der Waals surface area contributed by atoms with Gasteiger partial charge in [0, 0.05) is 17.5 Å². The van der Waals surface area contributed by atoms with Crippen molar-refractivity contribution in [3.63, 3.8) is 0 Å². The summed E-state index contributed by atoms with van der Waals surface area (Å²) < 4.78 is 3.31. The number of nitrogens with one attached hydrogen (secondary N) is 1. The van der Waals surface area contributed by atoms with E-state index in [9.17, 15) is 9.59 Å². The second-order valence-electron chi connectivity index (χ2n) is 7.53. The van der Waals surface area contributed by atoms with Gasteiger partial charge in [-0.2, -0.15) is 0 Å². The fourth-order valence-corrected chi connectivity index (χ4v) is 4.52. The molecule has 4 aromatic rings. The average Bonchev–Trinajstić information content (AvgIpc) is 3.21. The Morgan fingerprint density at radius 3 is 2.39 bits per heavy atom. The molecule has 0 saturated carbocycles. The van der Waals surface area contributed by atoms with Crippen molar-refractivity contribution in [2.45, 2.75) is 27.2 Å². The maximum atomic E-state index is 13.0. The number of para-hydroxylation sites is 1. The molecule has 0 saturated heterocycles. The predicted octanol–water partition coefficient (Wildman–Crippen LogP) is 4.41. The maximum absolute atomic E-state index is 13.0. The molecule has 158 valence electrons. The maximum Gasteiger partial charge on any atom is 0.295 e. The van der Waals surface area contributed by atoms with E-state index in [1.54, 1.807) is 16.4 Å². The molecule has 1 amide bonds. The van der Waals surface area contributed by atoms with Crippen molar-refractivity contribution in [2.75, 3.05) is 5.32 Å². The lowest BCUT2D eigenvalue weighted by Crippen LogP contribution is -2.23. The van der Waals surface area contributed by atoms with Gasteiger partial charge < -0.3 is 5.32 Å². The monoisotopic (exact) mass is 432 g/mol. The Bertz CT molecular complexity index is 1300. The highest BCUT2D eigenvalue weighted by Crippen LogP contribution is 2.29. The SMILES string of the molecule is Cc1ccc(-c2nc(C)sc2CC(=O)Nc2c(C)n(C)n(-c3ccccc3)c2=O)cc1. The summed E-state index contributed by atoms with van der Waals surface area (Å²) in [5.74, 6) is -0.233. The lowest BCUT2D eigenvalue weighted by molar-refractivity contribution is -0.115. The van der Waals surface area contributed by atoms with Gasteiger partial charge in [0.1, 0.15) is 5.69 Å². The van der Waals surface area contributed by atoms with Crippen LogP contribution in [0.25, 0.3) is 16.9 Å². The van der Waals surface area contributed by atoms with Gasteiger partial charge in [0.15, 0.2) is 0 Å². The third-order valence-electron chi connectivity index (χ3n) is 5.27. The number of amides is 1. The molecule has 0 radical (unpaired) electrons. The van der Waals surface area contributed by atoms with E-state index in [2.05, 4.69) is 10.3 Å². The number of nitrogens with zero attached hydrogens (tertiary/aromatic N) is 3. The molecule has 0 aliphatic rings. The van der Waals surface area contributed by atoms with E-state index in [0.717, 1.165) is 26.8 Å². The molecule has 0 bridgehead atoms. The number of carbonyl (C=O) groups excluding carboxylic acids is 1. The van der Waals surface area contributed by atoms with Crippen LogP contribution in [0.3, 0.4) is 0 Å². The number of aromatic nitrogens is 3. The van der Waals surface area contributed by atoms with E-state index < -0.39 is 0 Å². The van der Waals surface area contributed by atoms with Crippen molar-refractivity contribution in [1.82, 2.24) is 14.3 Å². The molecule has 31 heavy (non-hydrogen) atoms. The summed E-state index contributed by atoms with van der Waals surface area (Å²) in [6, 6.07) is 17.5. The highest BCUT2D eigenvalue weighted by atomic mass is 32.1. The van der Waals surface area contributed by atoms with Crippen molar-refractivity contribution in [3.05, 3.63) is 86.1 Å². The Morgan fingerprint density at radius 1 is 1.03 bits per heavy atom. The molecule has 4 rings (SSSR count). The number of hydrogen-bond acceptors (Lipinski definition) is 4. The molecule has 6 nitrogen and oxygen atoms in total. The van der Waals surface area contributed by atoms with Crippen molar-refractivity contribution in [2.24, 2.45) is 7.05 Å². The fourth-order valence-electron chi connectivity index (χ4n) is 3.57. The largest absolute Gasteiger partial charge is 0.320 e. The summed E-state index contributed by atoms with van der Waals surface area (Å²) in [7, 11) is 1.81. The number of thiazole rings is 1. The lowest BCUT2D eigenvalue weighted by atomic mass is 10.1. The van der Waals surface area contributed by atoms with Crippen LogP contribution in [0.2, 0.25) is 0 Å². The molecule has 0 aliphatic carbocycles. The number of hydrogen-bond donors (Lipinski definition) is 1. The van der Waals surface area contributed by atoms with Crippen LogP contribution < -0.4 is 10.9 Å². The zero-order valence-corrected chi connectivity index (χ0v) is 18.8. The highest BCUT2D eigenvalue weighted by molar-refractivity contribution is 7.12. The van der Waals surface area contributed by atoms with E-state index in [0.29, 0.717) is 11.4 Å². The van der Waals surface area contributed by atoms with Crippen LogP contribution in [0.15, 0.2) is 59.4 Å². The van der Waals surface area contributed by atoms with Crippen LogP contribution in [0.4, 0.5) is 5.69 Å². The first kappa shape index (κ1) is 20.8. The minimum Gasteiger partial charge on any atom is -0.320 e. The number of rotatable bonds is 5. The molecular weight excluding hydrogens is 408 g/mol. The van der Waals surface area contributed by atoms with Crippen molar-refractivity contribution < 1.29 is 4.79 Å². The van der Waals surface area contributed by atoms with Gasteiger partial charge in [-0.25, -0.2) is 9.67 Å². The van der Waals surface area contributed by atoms with Gasteiger partial charge in [-0.15, -0.1) is 11.3 Å². The van der Waals surface area contributed by atoms with Crippen LogP contribution in [0.5, 0.6) is 0 Å². The summed E-state index contributed by atoms with van der Waals surface area (Å²) >= 11 is 1.51. The second kappa shape index (κ2) is 8.35. The Balaban J connectivity index is 1.61. The van der Waals surface area contributed by atoms with Gasteiger partial charge in [-0.3, -0.25) is 14.3 Å². The first-order valence-electron chi connectivity index (χ1n) is 10.0. The van der Waals surface area contributed by atoms with E-state index in [4.69, 9.17) is 0 Å². The van der Waals surface area contributed by atoms with Gasteiger partial charge in [-0.1, -0.05) is 48.0 Å². The first-order valence-corrected chi connectivity index (χ1v) is 10.8. The summed E-state index contributed by atoms with van der Waals surface area (Å²) in [6.07, 6.45) is 0.161. The Hall–Kier alpha value is -3.45. The predicted molar refractivity (Wildman–Crippen MR) is 125 cm³/mol. The zero-order valence-electron chi connectivity index (χ0n) is 18.0. The van der Waals surface area contributed by atoms with Crippen molar-refractivity contribution in [3.8, 4) is 16.9 Å². The molecule has 7 heteroatoms.